The van der Waals surface area contributed by atoms with Crippen molar-refractivity contribution in [2.45, 2.75) is 32.1 Å². The molecule has 0 saturated carbocycles. The van der Waals surface area contributed by atoms with Gasteiger partial charge in [-0.1, -0.05) is 30.3 Å². The van der Waals surface area contributed by atoms with Gasteiger partial charge in [-0.2, -0.15) is 0 Å². The summed E-state index contributed by atoms with van der Waals surface area (Å²) in [7, 11) is 0. The second kappa shape index (κ2) is 4.71. The van der Waals surface area contributed by atoms with Crippen LogP contribution in [0.1, 0.15) is 19.4 Å². The lowest BCUT2D eigenvalue weighted by Gasteiger charge is -2.26. The number of rotatable bonds is 3. The van der Waals surface area contributed by atoms with Gasteiger partial charge in [0.25, 0.3) is 0 Å². The van der Waals surface area contributed by atoms with Gasteiger partial charge < -0.3 is 15.1 Å². The van der Waals surface area contributed by atoms with Gasteiger partial charge in [-0.3, -0.25) is 4.79 Å². The van der Waals surface area contributed by atoms with Gasteiger partial charge in [-0.05, 0) is 19.4 Å². The third-order valence-electron chi connectivity index (χ3n) is 3.35. The molecule has 0 aromatic heterocycles. The van der Waals surface area contributed by atoms with Crippen molar-refractivity contribution < 1.29 is 15.0 Å². The third-order valence-corrected chi connectivity index (χ3v) is 3.35. The van der Waals surface area contributed by atoms with E-state index in [4.69, 9.17) is 0 Å². The molecule has 1 aromatic rings. The van der Waals surface area contributed by atoms with Gasteiger partial charge in [0.1, 0.15) is 0 Å². The van der Waals surface area contributed by atoms with Crippen LogP contribution in [0, 0.1) is 5.92 Å². The molecule has 1 aliphatic rings. The van der Waals surface area contributed by atoms with Crippen LogP contribution in [0.3, 0.4) is 0 Å². The lowest BCUT2D eigenvalue weighted by Crippen LogP contribution is -2.41. The smallest absolute Gasteiger partial charge is 0.231 e. The lowest BCUT2D eigenvalue weighted by atomic mass is 9.88. The Balaban J connectivity index is 2.11. The Morgan fingerprint density at radius 3 is 2.44 bits per heavy atom. The predicted octanol–water partition coefficient (Wildman–Crippen LogP) is 0.777. The average Bonchev–Trinajstić information content (AvgIpc) is 2.54. The van der Waals surface area contributed by atoms with E-state index < -0.39 is 17.6 Å². The highest BCUT2D eigenvalue weighted by molar-refractivity contribution is 5.83. The van der Waals surface area contributed by atoms with Crippen LogP contribution >= 0.6 is 0 Å². The second-order valence-electron chi connectivity index (χ2n) is 5.40. The van der Waals surface area contributed by atoms with Gasteiger partial charge in [-0.25, -0.2) is 0 Å². The number of amides is 1. The maximum absolute atomic E-state index is 12.2. The summed E-state index contributed by atoms with van der Waals surface area (Å²) < 4.78 is 0. The molecule has 1 aliphatic heterocycles. The normalized spacial score (nSPS) is 24.7. The number of hydrogen-bond donors (Lipinski definition) is 2. The largest absolute Gasteiger partial charge is 0.390 e. The molecule has 0 unspecified atom stereocenters. The first-order valence-corrected chi connectivity index (χ1v) is 6.13. The number of likely N-dealkylation sites (tertiary alicyclic amines) is 1. The van der Waals surface area contributed by atoms with Crippen LogP contribution in [0.15, 0.2) is 30.3 Å². The van der Waals surface area contributed by atoms with Crippen molar-refractivity contribution in [3.63, 3.8) is 0 Å². The maximum atomic E-state index is 12.2. The first-order valence-electron chi connectivity index (χ1n) is 6.13. The fourth-order valence-corrected chi connectivity index (χ4v) is 2.50. The Morgan fingerprint density at radius 1 is 1.33 bits per heavy atom. The first-order chi connectivity index (χ1) is 8.39. The number of aliphatic hydroxyl groups excluding tert-OH is 1. The van der Waals surface area contributed by atoms with E-state index in [2.05, 4.69) is 0 Å². The van der Waals surface area contributed by atoms with Crippen molar-refractivity contribution in [3.8, 4) is 0 Å². The van der Waals surface area contributed by atoms with E-state index in [0.717, 1.165) is 5.56 Å². The summed E-state index contributed by atoms with van der Waals surface area (Å²) in [6.45, 7) is 3.88. The molecule has 2 atom stereocenters. The highest BCUT2D eigenvalue weighted by Gasteiger charge is 2.47. The van der Waals surface area contributed by atoms with E-state index in [-0.39, 0.29) is 12.5 Å². The molecule has 1 aromatic carbocycles. The Morgan fingerprint density at radius 2 is 1.94 bits per heavy atom. The minimum atomic E-state index is -1.19. The van der Waals surface area contributed by atoms with Crippen molar-refractivity contribution >= 4 is 5.91 Å². The maximum Gasteiger partial charge on any atom is 0.231 e. The minimum Gasteiger partial charge on any atom is -0.390 e. The van der Waals surface area contributed by atoms with Crippen LogP contribution in [-0.4, -0.2) is 39.3 Å². The van der Waals surface area contributed by atoms with Crippen LogP contribution in [-0.2, 0) is 11.3 Å². The monoisotopic (exact) mass is 249 g/mol. The Kier molecular flexibility index (Phi) is 3.41. The standard InChI is InChI=1S/C14H19NO3/c1-14(2,18)12-11(16)9-15(13(12)17)8-10-6-4-3-5-7-10/h3-7,11-12,16,18H,8-9H2,1-2H3/t11-,12+/m1/s1. The van der Waals surface area contributed by atoms with Crippen LogP contribution in [0.25, 0.3) is 0 Å². The Hall–Kier alpha value is -1.39. The molecule has 2 rings (SSSR count). The van der Waals surface area contributed by atoms with Crippen LogP contribution in [0.4, 0.5) is 0 Å². The summed E-state index contributed by atoms with van der Waals surface area (Å²) in [5.41, 5.74) is -0.170. The second-order valence-corrected chi connectivity index (χ2v) is 5.40. The number of nitrogens with zero attached hydrogens (tertiary/aromatic N) is 1. The van der Waals surface area contributed by atoms with Gasteiger partial charge in [-0.15, -0.1) is 0 Å². The molecule has 98 valence electrons. The van der Waals surface area contributed by atoms with Crippen molar-refractivity contribution in [2.24, 2.45) is 5.92 Å². The molecule has 0 bridgehead atoms. The van der Waals surface area contributed by atoms with E-state index >= 15 is 0 Å². The number of hydrogen-bond acceptors (Lipinski definition) is 3. The molecule has 2 N–H and O–H groups in total. The van der Waals surface area contributed by atoms with Gasteiger partial charge in [0.15, 0.2) is 0 Å². The molecule has 0 radical (unpaired) electrons. The van der Waals surface area contributed by atoms with Crippen molar-refractivity contribution in [3.05, 3.63) is 35.9 Å². The van der Waals surface area contributed by atoms with Gasteiger partial charge in [0.05, 0.1) is 17.6 Å². The molecule has 1 saturated heterocycles. The van der Waals surface area contributed by atoms with Gasteiger partial charge in [0.2, 0.25) is 5.91 Å². The van der Waals surface area contributed by atoms with Crippen LogP contribution in [0.2, 0.25) is 0 Å². The first kappa shape index (κ1) is 13.1. The third kappa shape index (κ3) is 2.54. The Labute approximate surface area is 107 Å². The zero-order chi connectivity index (χ0) is 13.3. The van der Waals surface area contributed by atoms with E-state index in [1.165, 1.54) is 0 Å². The number of benzene rings is 1. The summed E-state index contributed by atoms with van der Waals surface area (Å²) in [6.07, 6.45) is -0.804. The molecule has 4 heteroatoms. The SMILES string of the molecule is CC(C)(O)[C@@H]1C(=O)N(Cc2ccccc2)C[C@H]1O. The predicted molar refractivity (Wildman–Crippen MR) is 67.7 cm³/mol. The van der Waals surface area contributed by atoms with Crippen molar-refractivity contribution in [1.29, 1.82) is 0 Å². The topological polar surface area (TPSA) is 60.8 Å². The molecule has 18 heavy (non-hydrogen) atoms. The highest BCUT2D eigenvalue weighted by Crippen LogP contribution is 2.29. The molecule has 1 fully saturated rings. The molecule has 0 spiro atoms. The van der Waals surface area contributed by atoms with E-state index in [0.29, 0.717) is 6.54 Å². The van der Waals surface area contributed by atoms with Gasteiger partial charge in [0, 0.05) is 13.1 Å². The molecule has 0 aliphatic carbocycles. The quantitative estimate of drug-likeness (QED) is 0.832. The van der Waals surface area contributed by atoms with Crippen LogP contribution in [0.5, 0.6) is 0 Å². The number of carbonyl (C=O) groups excluding carboxylic acids is 1. The average molecular weight is 249 g/mol. The zero-order valence-electron chi connectivity index (χ0n) is 10.7. The zero-order valence-corrected chi connectivity index (χ0v) is 10.7. The van der Waals surface area contributed by atoms with Crippen LogP contribution < -0.4 is 0 Å². The van der Waals surface area contributed by atoms with E-state index in [9.17, 15) is 15.0 Å². The molecule has 1 amide bonds. The number of aliphatic hydroxyl groups is 2. The summed E-state index contributed by atoms with van der Waals surface area (Å²) in [5, 5.41) is 19.9. The Bertz CT molecular complexity index is 424. The molecule has 1 heterocycles. The van der Waals surface area contributed by atoms with Crippen molar-refractivity contribution in [2.75, 3.05) is 6.54 Å². The highest BCUT2D eigenvalue weighted by atomic mass is 16.3. The minimum absolute atomic E-state index is 0.182. The summed E-state index contributed by atoms with van der Waals surface area (Å²) >= 11 is 0. The summed E-state index contributed by atoms with van der Waals surface area (Å²) in [4.78, 5) is 13.8. The number of carbonyl (C=O) groups is 1. The summed E-state index contributed by atoms with van der Waals surface area (Å²) in [6, 6.07) is 9.64. The fourth-order valence-electron chi connectivity index (χ4n) is 2.50. The molecular formula is C14H19NO3. The van der Waals surface area contributed by atoms with E-state index in [1.54, 1.807) is 18.7 Å². The lowest BCUT2D eigenvalue weighted by molar-refractivity contribution is -0.139. The van der Waals surface area contributed by atoms with E-state index in [1.807, 2.05) is 30.3 Å². The summed E-state index contributed by atoms with van der Waals surface area (Å²) in [5.74, 6) is -0.917. The van der Waals surface area contributed by atoms with Gasteiger partial charge >= 0.3 is 0 Å². The molecule has 4 nitrogen and oxygen atoms in total. The van der Waals surface area contributed by atoms with Crippen molar-refractivity contribution in [1.82, 2.24) is 4.90 Å². The number of β-amino-alcohol motifs (C(OH)–C–C–N with tert-alkyl or cyclic N) is 1. The fraction of sp³-hybridized carbons (Fsp3) is 0.500. The molecular weight excluding hydrogens is 230 g/mol.